The van der Waals surface area contributed by atoms with Gasteiger partial charge in [-0.2, -0.15) is 0 Å². The topological polar surface area (TPSA) is 26.0 Å². The molecule has 0 radical (unpaired) electrons. The molecule has 0 spiro atoms. The summed E-state index contributed by atoms with van der Waals surface area (Å²) < 4.78 is 0. The van der Waals surface area contributed by atoms with E-state index in [9.17, 15) is 0 Å². The molecule has 12 heavy (non-hydrogen) atoms. The second-order valence-corrected chi connectivity index (χ2v) is 3.31. The highest BCUT2D eigenvalue weighted by atomic mass is 14.6. The van der Waals surface area contributed by atoms with E-state index >= 15 is 0 Å². The fourth-order valence-electron chi connectivity index (χ4n) is 1.38. The first-order chi connectivity index (χ1) is 5.74. The van der Waals surface area contributed by atoms with Gasteiger partial charge in [0.2, 0.25) is 0 Å². The van der Waals surface area contributed by atoms with Crippen molar-refractivity contribution in [2.75, 3.05) is 0 Å². The minimum Gasteiger partial charge on any atom is -0.324 e. The van der Waals surface area contributed by atoms with Crippen LogP contribution < -0.4 is 5.73 Å². The van der Waals surface area contributed by atoms with Crippen LogP contribution in [-0.4, -0.2) is 0 Å². The summed E-state index contributed by atoms with van der Waals surface area (Å²) in [5.41, 5.74) is 8.53. The van der Waals surface area contributed by atoms with Gasteiger partial charge in [0.1, 0.15) is 0 Å². The van der Waals surface area contributed by atoms with Crippen molar-refractivity contribution in [1.29, 1.82) is 0 Å². The Balaban J connectivity index is 2.73. The third-order valence-electron chi connectivity index (χ3n) is 2.07. The lowest BCUT2D eigenvalue weighted by Gasteiger charge is -2.10. The van der Waals surface area contributed by atoms with Gasteiger partial charge >= 0.3 is 0 Å². The summed E-state index contributed by atoms with van der Waals surface area (Å²) in [5, 5.41) is 0. The van der Waals surface area contributed by atoms with Crippen LogP contribution in [0.1, 0.15) is 36.9 Å². The van der Waals surface area contributed by atoms with Crippen LogP contribution in [0.2, 0.25) is 0 Å². The van der Waals surface area contributed by atoms with Crippen LogP contribution in [0, 0.1) is 6.92 Å². The van der Waals surface area contributed by atoms with E-state index in [1.807, 2.05) is 0 Å². The molecule has 0 saturated heterocycles. The summed E-state index contributed by atoms with van der Waals surface area (Å²) in [7, 11) is 0. The molecular formula is C11H17N. The molecular weight excluding hydrogens is 146 g/mol. The van der Waals surface area contributed by atoms with E-state index in [2.05, 4.69) is 38.1 Å². The highest BCUT2D eigenvalue weighted by molar-refractivity contribution is 5.24. The molecule has 0 aliphatic carbocycles. The van der Waals surface area contributed by atoms with Crippen LogP contribution in [0.25, 0.3) is 0 Å². The standard InChI is InChI=1S/C11H17N/c1-3-5-11(12)10-7-4-6-9(2)8-10/h4,6-8,11H,3,5,12H2,1-2H3. The summed E-state index contributed by atoms with van der Waals surface area (Å²) in [6.07, 6.45) is 2.22. The quantitative estimate of drug-likeness (QED) is 0.728. The fourth-order valence-corrected chi connectivity index (χ4v) is 1.38. The number of benzene rings is 1. The van der Waals surface area contributed by atoms with Crippen LogP contribution >= 0.6 is 0 Å². The van der Waals surface area contributed by atoms with Crippen molar-refractivity contribution in [3.05, 3.63) is 35.4 Å². The van der Waals surface area contributed by atoms with Crippen LogP contribution in [0.5, 0.6) is 0 Å². The molecule has 1 heteroatoms. The third kappa shape index (κ3) is 2.35. The maximum absolute atomic E-state index is 5.97. The first-order valence-electron chi connectivity index (χ1n) is 4.56. The largest absolute Gasteiger partial charge is 0.324 e. The molecule has 0 aliphatic heterocycles. The Bertz CT molecular complexity index is 243. The Morgan fingerprint density at radius 2 is 2.17 bits per heavy atom. The van der Waals surface area contributed by atoms with E-state index < -0.39 is 0 Å². The van der Waals surface area contributed by atoms with E-state index in [1.54, 1.807) is 0 Å². The van der Waals surface area contributed by atoms with Gasteiger partial charge in [-0.15, -0.1) is 0 Å². The first kappa shape index (κ1) is 9.27. The zero-order valence-corrected chi connectivity index (χ0v) is 7.88. The van der Waals surface area contributed by atoms with Gasteiger partial charge < -0.3 is 5.73 Å². The van der Waals surface area contributed by atoms with Gasteiger partial charge in [0, 0.05) is 6.04 Å². The fraction of sp³-hybridized carbons (Fsp3) is 0.455. The first-order valence-corrected chi connectivity index (χ1v) is 4.56. The molecule has 0 saturated carbocycles. The van der Waals surface area contributed by atoms with Gasteiger partial charge in [-0.05, 0) is 18.9 Å². The van der Waals surface area contributed by atoms with Crippen LogP contribution in [0.3, 0.4) is 0 Å². The van der Waals surface area contributed by atoms with E-state index in [-0.39, 0.29) is 6.04 Å². The minimum absolute atomic E-state index is 0.217. The highest BCUT2D eigenvalue weighted by Crippen LogP contribution is 2.16. The minimum atomic E-state index is 0.217. The van der Waals surface area contributed by atoms with Crippen molar-refractivity contribution in [1.82, 2.24) is 0 Å². The molecule has 0 fully saturated rings. The summed E-state index contributed by atoms with van der Waals surface area (Å²) in [6.45, 7) is 4.26. The van der Waals surface area contributed by atoms with Gasteiger partial charge in [0.05, 0.1) is 0 Å². The SMILES string of the molecule is CCCC(N)c1cccc(C)c1. The van der Waals surface area contributed by atoms with Crippen molar-refractivity contribution in [3.8, 4) is 0 Å². The summed E-state index contributed by atoms with van der Waals surface area (Å²) >= 11 is 0. The maximum Gasteiger partial charge on any atom is 0.0294 e. The Kier molecular flexibility index (Phi) is 3.30. The molecule has 0 amide bonds. The van der Waals surface area contributed by atoms with E-state index in [1.165, 1.54) is 11.1 Å². The number of hydrogen-bond donors (Lipinski definition) is 1. The van der Waals surface area contributed by atoms with Gasteiger partial charge in [-0.25, -0.2) is 0 Å². The lowest BCUT2D eigenvalue weighted by molar-refractivity contribution is 0.638. The van der Waals surface area contributed by atoms with Gasteiger partial charge in [0.25, 0.3) is 0 Å². The van der Waals surface area contributed by atoms with Crippen LogP contribution in [0.4, 0.5) is 0 Å². The van der Waals surface area contributed by atoms with E-state index in [0.717, 1.165) is 12.8 Å². The molecule has 66 valence electrons. The Morgan fingerprint density at radius 1 is 1.42 bits per heavy atom. The summed E-state index contributed by atoms with van der Waals surface area (Å²) in [5.74, 6) is 0. The predicted molar refractivity (Wildman–Crippen MR) is 53.0 cm³/mol. The molecule has 1 nitrogen and oxygen atoms in total. The Hall–Kier alpha value is -0.820. The van der Waals surface area contributed by atoms with E-state index in [4.69, 9.17) is 5.73 Å². The Morgan fingerprint density at radius 3 is 2.75 bits per heavy atom. The summed E-state index contributed by atoms with van der Waals surface area (Å²) in [4.78, 5) is 0. The molecule has 0 bridgehead atoms. The monoisotopic (exact) mass is 163 g/mol. The van der Waals surface area contributed by atoms with Crippen LogP contribution in [-0.2, 0) is 0 Å². The highest BCUT2D eigenvalue weighted by Gasteiger charge is 2.03. The molecule has 0 aliphatic rings. The number of nitrogens with two attached hydrogens (primary N) is 1. The van der Waals surface area contributed by atoms with Crippen LogP contribution in [0.15, 0.2) is 24.3 Å². The summed E-state index contributed by atoms with van der Waals surface area (Å²) in [6, 6.07) is 8.66. The number of hydrogen-bond acceptors (Lipinski definition) is 1. The zero-order chi connectivity index (χ0) is 8.97. The molecule has 1 atom stereocenters. The average Bonchev–Trinajstić information content (AvgIpc) is 2.05. The normalized spacial score (nSPS) is 12.9. The number of rotatable bonds is 3. The van der Waals surface area contributed by atoms with Gasteiger partial charge in [-0.3, -0.25) is 0 Å². The molecule has 1 unspecified atom stereocenters. The third-order valence-corrected chi connectivity index (χ3v) is 2.07. The van der Waals surface area contributed by atoms with Gasteiger partial charge in [-0.1, -0.05) is 43.2 Å². The van der Waals surface area contributed by atoms with Crippen molar-refractivity contribution in [2.45, 2.75) is 32.7 Å². The van der Waals surface area contributed by atoms with E-state index in [0.29, 0.717) is 0 Å². The average molecular weight is 163 g/mol. The molecule has 1 aromatic rings. The maximum atomic E-state index is 5.97. The molecule has 0 aromatic heterocycles. The molecule has 1 aromatic carbocycles. The van der Waals surface area contributed by atoms with Crippen molar-refractivity contribution in [3.63, 3.8) is 0 Å². The molecule has 1 rings (SSSR count). The zero-order valence-electron chi connectivity index (χ0n) is 7.88. The second-order valence-electron chi connectivity index (χ2n) is 3.31. The molecule has 0 heterocycles. The number of aryl methyl sites for hydroxylation is 1. The van der Waals surface area contributed by atoms with Gasteiger partial charge in [0.15, 0.2) is 0 Å². The van der Waals surface area contributed by atoms with Crippen molar-refractivity contribution in [2.24, 2.45) is 5.73 Å². The predicted octanol–water partition coefficient (Wildman–Crippen LogP) is 2.79. The lowest BCUT2D eigenvalue weighted by atomic mass is 10.0. The van der Waals surface area contributed by atoms with Crippen molar-refractivity contribution >= 4 is 0 Å². The van der Waals surface area contributed by atoms with Crippen molar-refractivity contribution < 1.29 is 0 Å². The Labute approximate surface area is 74.6 Å². The lowest BCUT2D eigenvalue weighted by Crippen LogP contribution is -2.09. The smallest absolute Gasteiger partial charge is 0.0294 e. The second kappa shape index (κ2) is 4.27. The molecule has 2 N–H and O–H groups in total.